The van der Waals surface area contributed by atoms with E-state index in [1.165, 1.54) is 11.6 Å². The summed E-state index contributed by atoms with van der Waals surface area (Å²) in [5.41, 5.74) is -0.0358. The second-order valence-electron chi connectivity index (χ2n) is 4.73. The third kappa shape index (κ3) is 2.72. The van der Waals surface area contributed by atoms with E-state index in [-0.39, 0.29) is 17.3 Å². The van der Waals surface area contributed by atoms with Gasteiger partial charge < -0.3 is 14.9 Å². The number of hydrogen-bond donors (Lipinski definition) is 2. The number of rotatable bonds is 5. The van der Waals surface area contributed by atoms with Crippen LogP contribution in [0.2, 0.25) is 0 Å². The van der Waals surface area contributed by atoms with Gasteiger partial charge in [0.15, 0.2) is 0 Å². The fourth-order valence-electron chi connectivity index (χ4n) is 2.14. The number of H-pyrrole nitrogens is 1. The molecule has 2 rings (SSSR count). The van der Waals surface area contributed by atoms with Crippen LogP contribution in [-0.4, -0.2) is 19.1 Å². The van der Waals surface area contributed by atoms with E-state index >= 15 is 0 Å². The summed E-state index contributed by atoms with van der Waals surface area (Å²) in [6.07, 6.45) is 5.89. The third-order valence-electron chi connectivity index (χ3n) is 3.31. The summed E-state index contributed by atoms with van der Waals surface area (Å²) < 4.78 is 2.52. The fourth-order valence-corrected chi connectivity index (χ4v) is 2.14. The van der Waals surface area contributed by atoms with E-state index in [1.54, 1.807) is 25.6 Å². The average Bonchev–Trinajstić information content (AvgIpc) is 2.96. The predicted molar refractivity (Wildman–Crippen MR) is 75.4 cm³/mol. The molecule has 20 heavy (non-hydrogen) atoms. The van der Waals surface area contributed by atoms with E-state index in [2.05, 4.69) is 15.3 Å². The van der Waals surface area contributed by atoms with Crippen molar-refractivity contribution in [3.05, 3.63) is 50.8 Å². The quantitative estimate of drug-likeness (QED) is 0.808. The Bertz CT molecular complexity index is 684. The maximum absolute atomic E-state index is 12.0. The van der Waals surface area contributed by atoms with Crippen molar-refractivity contribution in [2.45, 2.75) is 25.9 Å². The minimum absolute atomic E-state index is 0.0481. The molecule has 1 unspecified atom stereocenters. The number of aromatic amines is 1. The van der Waals surface area contributed by atoms with Crippen LogP contribution in [-0.2, 0) is 20.6 Å². The summed E-state index contributed by atoms with van der Waals surface area (Å²) in [6, 6.07) is 0.0481. The first-order valence-electron chi connectivity index (χ1n) is 6.52. The Labute approximate surface area is 116 Å². The normalized spacial score (nSPS) is 12.6. The molecule has 7 nitrogen and oxygen atoms in total. The van der Waals surface area contributed by atoms with Gasteiger partial charge in [0.05, 0.1) is 6.04 Å². The molecule has 0 aliphatic rings. The van der Waals surface area contributed by atoms with Crippen LogP contribution in [0.1, 0.15) is 30.8 Å². The van der Waals surface area contributed by atoms with Crippen LogP contribution >= 0.6 is 0 Å². The van der Waals surface area contributed by atoms with Crippen LogP contribution in [0.15, 0.2) is 28.2 Å². The lowest BCUT2D eigenvalue weighted by Crippen LogP contribution is -2.39. The standard InChI is InChI=1S/C13H19N5O2/c1-4-10(11-14-5-6-15-11)16-7-9-8-17(2)13(20)18(3)12(9)19/h5-6,8,10,16H,4,7H2,1-3H3,(H,14,15). The van der Waals surface area contributed by atoms with Gasteiger partial charge in [-0.25, -0.2) is 9.78 Å². The first-order valence-corrected chi connectivity index (χ1v) is 6.52. The summed E-state index contributed by atoms with van der Waals surface area (Å²) in [6.45, 7) is 2.43. The van der Waals surface area contributed by atoms with Gasteiger partial charge in [-0.2, -0.15) is 0 Å². The first kappa shape index (κ1) is 14.3. The van der Waals surface area contributed by atoms with Crippen LogP contribution < -0.4 is 16.6 Å². The van der Waals surface area contributed by atoms with E-state index < -0.39 is 0 Å². The Balaban J connectivity index is 2.19. The minimum Gasteiger partial charge on any atom is -0.347 e. The highest BCUT2D eigenvalue weighted by molar-refractivity contribution is 5.06. The van der Waals surface area contributed by atoms with Crippen LogP contribution in [0.3, 0.4) is 0 Å². The van der Waals surface area contributed by atoms with Crippen molar-refractivity contribution >= 4 is 0 Å². The Morgan fingerprint density at radius 1 is 1.40 bits per heavy atom. The zero-order valence-corrected chi connectivity index (χ0v) is 11.9. The third-order valence-corrected chi connectivity index (χ3v) is 3.31. The van der Waals surface area contributed by atoms with Crippen LogP contribution in [0.4, 0.5) is 0 Å². The fraction of sp³-hybridized carbons (Fsp3) is 0.462. The summed E-state index contributed by atoms with van der Waals surface area (Å²) in [7, 11) is 3.12. The Morgan fingerprint density at radius 3 is 2.75 bits per heavy atom. The zero-order chi connectivity index (χ0) is 14.7. The van der Waals surface area contributed by atoms with Crippen molar-refractivity contribution in [1.82, 2.24) is 24.4 Å². The van der Waals surface area contributed by atoms with Gasteiger partial charge in [0.1, 0.15) is 5.82 Å². The van der Waals surface area contributed by atoms with E-state index in [1.807, 2.05) is 6.92 Å². The van der Waals surface area contributed by atoms with Crippen LogP contribution in [0, 0.1) is 0 Å². The lowest BCUT2D eigenvalue weighted by Gasteiger charge is -2.15. The average molecular weight is 277 g/mol. The molecule has 0 aliphatic carbocycles. The van der Waals surface area contributed by atoms with E-state index in [4.69, 9.17) is 0 Å². The molecule has 2 aromatic rings. The van der Waals surface area contributed by atoms with Crippen molar-refractivity contribution in [3.8, 4) is 0 Å². The van der Waals surface area contributed by atoms with Gasteiger partial charge in [0.2, 0.25) is 0 Å². The molecule has 0 saturated carbocycles. The number of aryl methyl sites for hydroxylation is 1. The van der Waals surface area contributed by atoms with E-state index in [0.717, 1.165) is 16.8 Å². The number of nitrogens with zero attached hydrogens (tertiary/aromatic N) is 3. The van der Waals surface area contributed by atoms with Crippen molar-refractivity contribution < 1.29 is 0 Å². The Kier molecular flexibility index (Phi) is 4.19. The molecule has 7 heteroatoms. The van der Waals surface area contributed by atoms with Gasteiger partial charge in [-0.15, -0.1) is 0 Å². The monoisotopic (exact) mass is 277 g/mol. The number of imidazole rings is 1. The molecular weight excluding hydrogens is 258 g/mol. The van der Waals surface area contributed by atoms with Crippen LogP contribution in [0.25, 0.3) is 0 Å². The van der Waals surface area contributed by atoms with E-state index in [9.17, 15) is 9.59 Å². The molecule has 108 valence electrons. The molecule has 0 fully saturated rings. The van der Waals surface area contributed by atoms with Gasteiger partial charge in [-0.3, -0.25) is 9.36 Å². The van der Waals surface area contributed by atoms with Crippen molar-refractivity contribution in [3.63, 3.8) is 0 Å². The Morgan fingerprint density at radius 2 is 2.15 bits per heavy atom. The first-order chi connectivity index (χ1) is 9.54. The maximum atomic E-state index is 12.0. The van der Waals surface area contributed by atoms with Gasteiger partial charge in [0.25, 0.3) is 5.56 Å². The van der Waals surface area contributed by atoms with Gasteiger partial charge >= 0.3 is 5.69 Å². The minimum atomic E-state index is -0.322. The molecule has 0 amide bonds. The smallest absolute Gasteiger partial charge is 0.330 e. The largest absolute Gasteiger partial charge is 0.347 e. The summed E-state index contributed by atoms with van der Waals surface area (Å²) >= 11 is 0. The summed E-state index contributed by atoms with van der Waals surface area (Å²) in [5.74, 6) is 0.842. The lowest BCUT2D eigenvalue weighted by molar-refractivity contribution is 0.491. The van der Waals surface area contributed by atoms with Gasteiger partial charge in [-0.05, 0) is 6.42 Å². The van der Waals surface area contributed by atoms with Crippen molar-refractivity contribution in [1.29, 1.82) is 0 Å². The highest BCUT2D eigenvalue weighted by Crippen LogP contribution is 2.11. The molecule has 1 atom stereocenters. The number of nitrogens with one attached hydrogen (secondary N) is 2. The number of aromatic nitrogens is 4. The molecule has 0 bridgehead atoms. The highest BCUT2D eigenvalue weighted by atomic mass is 16.2. The van der Waals surface area contributed by atoms with Gasteiger partial charge in [0, 0.05) is 44.8 Å². The Hall–Kier alpha value is -2.15. The maximum Gasteiger partial charge on any atom is 0.330 e. The van der Waals surface area contributed by atoms with Crippen LogP contribution in [0.5, 0.6) is 0 Å². The molecule has 2 heterocycles. The molecule has 0 saturated heterocycles. The molecule has 0 spiro atoms. The zero-order valence-electron chi connectivity index (χ0n) is 11.9. The topological polar surface area (TPSA) is 84.7 Å². The van der Waals surface area contributed by atoms with Crippen molar-refractivity contribution in [2.24, 2.45) is 14.1 Å². The molecule has 2 N–H and O–H groups in total. The lowest BCUT2D eigenvalue weighted by atomic mass is 10.2. The molecule has 2 aromatic heterocycles. The molecule has 0 aromatic carbocycles. The predicted octanol–water partition coefficient (Wildman–Crippen LogP) is 0.0480. The molecule has 0 radical (unpaired) electrons. The highest BCUT2D eigenvalue weighted by Gasteiger charge is 2.13. The second-order valence-corrected chi connectivity index (χ2v) is 4.73. The molecule has 0 aliphatic heterocycles. The molecular formula is C13H19N5O2. The van der Waals surface area contributed by atoms with E-state index in [0.29, 0.717) is 12.1 Å². The second kappa shape index (κ2) is 5.87. The van der Waals surface area contributed by atoms with Gasteiger partial charge in [-0.1, -0.05) is 6.92 Å². The SMILES string of the molecule is CCC(NCc1cn(C)c(=O)n(C)c1=O)c1ncc[nH]1. The summed E-state index contributed by atoms with van der Waals surface area (Å²) in [5, 5.41) is 3.28. The van der Waals surface area contributed by atoms with Crippen molar-refractivity contribution in [2.75, 3.05) is 0 Å². The summed E-state index contributed by atoms with van der Waals surface area (Å²) in [4.78, 5) is 30.9. The number of hydrogen-bond acceptors (Lipinski definition) is 4.